The number of fused-ring (bicyclic) bond motifs is 5. The summed E-state index contributed by atoms with van der Waals surface area (Å²) in [6, 6.07) is 0. The van der Waals surface area contributed by atoms with Gasteiger partial charge in [0.25, 0.3) is 0 Å². The summed E-state index contributed by atoms with van der Waals surface area (Å²) in [6.07, 6.45) is 10.5. The molecule has 4 aliphatic rings. The predicted molar refractivity (Wildman–Crippen MR) is 73.5 cm³/mol. The zero-order chi connectivity index (χ0) is 13.0. The van der Waals surface area contributed by atoms with Gasteiger partial charge >= 0.3 is 0 Å². The van der Waals surface area contributed by atoms with Crippen LogP contribution in [0.3, 0.4) is 0 Å². The first-order valence-electron chi connectivity index (χ1n) is 8.45. The molecule has 0 aromatic rings. The average molecular weight is 262 g/mol. The summed E-state index contributed by atoms with van der Waals surface area (Å²) in [4.78, 5) is 12.0. The lowest BCUT2D eigenvalue weighted by Crippen LogP contribution is -2.45. The highest BCUT2D eigenvalue weighted by Crippen LogP contribution is 2.57. The molecule has 4 fully saturated rings. The maximum absolute atomic E-state index is 12.0. The van der Waals surface area contributed by atoms with Crippen molar-refractivity contribution < 1.29 is 9.90 Å². The Kier molecular flexibility index (Phi) is 2.98. The van der Waals surface area contributed by atoms with E-state index in [2.05, 4.69) is 0 Å². The molecule has 4 saturated carbocycles. The van der Waals surface area contributed by atoms with E-state index in [1.165, 1.54) is 38.5 Å². The van der Waals surface area contributed by atoms with E-state index in [4.69, 9.17) is 0 Å². The quantitative estimate of drug-likeness (QED) is 0.728. The summed E-state index contributed by atoms with van der Waals surface area (Å²) < 4.78 is 0. The van der Waals surface area contributed by atoms with Crippen LogP contribution in [-0.4, -0.2) is 17.0 Å². The minimum atomic E-state index is -0.0257. The summed E-state index contributed by atoms with van der Waals surface area (Å²) in [6.45, 7) is 0. The second-order valence-corrected chi connectivity index (χ2v) is 7.65. The summed E-state index contributed by atoms with van der Waals surface area (Å²) in [5.41, 5.74) is 0. The number of rotatable bonds is 0. The van der Waals surface area contributed by atoms with Crippen molar-refractivity contribution in [2.45, 2.75) is 63.9 Å². The Morgan fingerprint density at radius 2 is 1.53 bits per heavy atom. The minimum Gasteiger partial charge on any atom is -0.393 e. The molecule has 106 valence electrons. The smallest absolute Gasteiger partial charge is 0.136 e. The summed E-state index contributed by atoms with van der Waals surface area (Å²) in [7, 11) is 0. The fourth-order valence-electron chi connectivity index (χ4n) is 6.25. The highest BCUT2D eigenvalue weighted by atomic mass is 16.3. The predicted octanol–water partition coefficient (Wildman–Crippen LogP) is 3.18. The maximum atomic E-state index is 12.0. The molecule has 2 heteroatoms. The van der Waals surface area contributed by atoms with Crippen molar-refractivity contribution in [2.24, 2.45) is 35.5 Å². The summed E-state index contributed by atoms with van der Waals surface area (Å²) in [5.74, 6) is 5.15. The molecule has 0 bridgehead atoms. The molecule has 0 aliphatic heterocycles. The fourth-order valence-corrected chi connectivity index (χ4v) is 6.25. The number of carbonyl (C=O) groups is 1. The van der Waals surface area contributed by atoms with Crippen LogP contribution in [0.2, 0.25) is 0 Å². The molecule has 7 atom stereocenters. The van der Waals surface area contributed by atoms with Gasteiger partial charge < -0.3 is 5.11 Å². The van der Waals surface area contributed by atoms with Crippen molar-refractivity contribution in [2.75, 3.05) is 0 Å². The van der Waals surface area contributed by atoms with E-state index in [0.29, 0.717) is 11.7 Å². The minimum absolute atomic E-state index is 0.0257. The lowest BCUT2D eigenvalue weighted by atomic mass is 9.53. The molecule has 0 radical (unpaired) electrons. The Morgan fingerprint density at radius 3 is 2.42 bits per heavy atom. The van der Waals surface area contributed by atoms with Crippen LogP contribution in [0.4, 0.5) is 0 Å². The zero-order valence-electron chi connectivity index (χ0n) is 11.8. The Morgan fingerprint density at radius 1 is 0.789 bits per heavy atom. The van der Waals surface area contributed by atoms with E-state index < -0.39 is 0 Å². The van der Waals surface area contributed by atoms with Crippen molar-refractivity contribution in [3.05, 3.63) is 0 Å². The highest BCUT2D eigenvalue weighted by molar-refractivity contribution is 5.83. The third kappa shape index (κ3) is 1.90. The number of aliphatic hydroxyl groups is 1. The molecule has 5 unspecified atom stereocenters. The van der Waals surface area contributed by atoms with Crippen LogP contribution in [0.25, 0.3) is 0 Å². The summed E-state index contributed by atoms with van der Waals surface area (Å²) >= 11 is 0. The van der Waals surface area contributed by atoms with E-state index >= 15 is 0 Å². The van der Waals surface area contributed by atoms with E-state index in [1.807, 2.05) is 0 Å². The molecule has 0 aromatic carbocycles. The van der Waals surface area contributed by atoms with E-state index in [0.717, 1.165) is 48.9 Å². The second kappa shape index (κ2) is 4.58. The highest BCUT2D eigenvalue weighted by Gasteiger charge is 2.51. The number of carbonyl (C=O) groups excluding carboxylic acids is 1. The molecule has 0 spiro atoms. The number of hydrogen-bond donors (Lipinski definition) is 1. The molecular weight excluding hydrogens is 236 g/mol. The number of aliphatic hydroxyl groups excluding tert-OH is 1. The van der Waals surface area contributed by atoms with Crippen LogP contribution in [0.15, 0.2) is 0 Å². The van der Waals surface area contributed by atoms with Crippen LogP contribution in [0, 0.1) is 35.5 Å². The van der Waals surface area contributed by atoms with Crippen molar-refractivity contribution >= 4 is 5.78 Å². The van der Waals surface area contributed by atoms with E-state index in [-0.39, 0.29) is 6.10 Å². The van der Waals surface area contributed by atoms with Crippen molar-refractivity contribution in [1.82, 2.24) is 0 Å². The van der Waals surface area contributed by atoms with E-state index in [1.54, 1.807) is 0 Å². The van der Waals surface area contributed by atoms with Crippen molar-refractivity contribution in [3.8, 4) is 0 Å². The van der Waals surface area contributed by atoms with Gasteiger partial charge in [-0.2, -0.15) is 0 Å². The topological polar surface area (TPSA) is 37.3 Å². The molecule has 1 N–H and O–H groups in total. The van der Waals surface area contributed by atoms with Crippen molar-refractivity contribution in [1.29, 1.82) is 0 Å². The van der Waals surface area contributed by atoms with Crippen LogP contribution >= 0.6 is 0 Å². The maximum Gasteiger partial charge on any atom is 0.136 e. The standard InChI is InChI=1S/C17H26O2/c18-11-2-4-12-10(9-11)1-3-14-13(12)5-6-16-15(14)7-8-17(16)19/h10-16,18H,1-9H2/t10-,11-,12?,13?,14?,15?,16?/m1/s1. The molecular formula is C17H26O2. The molecule has 0 amide bonds. The number of Topliss-reactive ketones (excluding diaryl/α,β-unsaturated/α-hetero) is 1. The lowest BCUT2D eigenvalue weighted by Gasteiger charge is -2.52. The Hall–Kier alpha value is -0.370. The molecule has 4 aliphatic carbocycles. The van der Waals surface area contributed by atoms with Gasteiger partial charge in [-0.05, 0) is 81.0 Å². The lowest BCUT2D eigenvalue weighted by molar-refractivity contribution is -0.124. The molecule has 0 heterocycles. The second-order valence-electron chi connectivity index (χ2n) is 7.65. The first-order valence-corrected chi connectivity index (χ1v) is 8.45. The van der Waals surface area contributed by atoms with Crippen LogP contribution in [0.5, 0.6) is 0 Å². The molecule has 4 rings (SSSR count). The van der Waals surface area contributed by atoms with Gasteiger partial charge in [-0.1, -0.05) is 0 Å². The molecule has 2 nitrogen and oxygen atoms in total. The van der Waals surface area contributed by atoms with Gasteiger partial charge in [0.15, 0.2) is 0 Å². The third-order valence-electron chi connectivity index (χ3n) is 7.00. The van der Waals surface area contributed by atoms with Crippen LogP contribution in [-0.2, 0) is 4.79 Å². The van der Waals surface area contributed by atoms with Crippen LogP contribution in [0.1, 0.15) is 57.8 Å². The summed E-state index contributed by atoms with van der Waals surface area (Å²) in [5, 5.41) is 9.88. The van der Waals surface area contributed by atoms with Gasteiger partial charge in [0.1, 0.15) is 5.78 Å². The Bertz CT molecular complexity index is 377. The van der Waals surface area contributed by atoms with Gasteiger partial charge in [0.05, 0.1) is 6.10 Å². The van der Waals surface area contributed by atoms with Gasteiger partial charge in [-0.15, -0.1) is 0 Å². The normalized spacial score (nSPS) is 53.3. The SMILES string of the molecule is O=C1CCC2C1CCC1C2CC[C@@H]2C[C@H](O)CCC12. The molecule has 0 aromatic heterocycles. The van der Waals surface area contributed by atoms with Crippen molar-refractivity contribution in [3.63, 3.8) is 0 Å². The fraction of sp³-hybridized carbons (Fsp3) is 0.941. The largest absolute Gasteiger partial charge is 0.393 e. The number of hydrogen-bond acceptors (Lipinski definition) is 2. The van der Waals surface area contributed by atoms with Gasteiger partial charge in [-0.25, -0.2) is 0 Å². The first-order chi connectivity index (χ1) is 9.24. The average Bonchev–Trinajstić information content (AvgIpc) is 2.80. The molecule has 19 heavy (non-hydrogen) atoms. The molecule has 0 saturated heterocycles. The zero-order valence-corrected chi connectivity index (χ0v) is 11.8. The van der Waals surface area contributed by atoms with E-state index in [9.17, 15) is 9.90 Å². The Labute approximate surface area is 116 Å². The monoisotopic (exact) mass is 262 g/mol. The number of ketones is 1. The van der Waals surface area contributed by atoms with Gasteiger partial charge in [-0.3, -0.25) is 4.79 Å². The van der Waals surface area contributed by atoms with Gasteiger partial charge in [0, 0.05) is 12.3 Å². The van der Waals surface area contributed by atoms with Gasteiger partial charge in [0.2, 0.25) is 0 Å². The van der Waals surface area contributed by atoms with Crippen LogP contribution < -0.4 is 0 Å². The third-order valence-corrected chi connectivity index (χ3v) is 7.00. The Balaban J connectivity index is 1.54. The first kappa shape index (κ1) is 12.4.